The summed E-state index contributed by atoms with van der Waals surface area (Å²) in [5.74, 6) is -0.172. The van der Waals surface area contributed by atoms with Crippen LogP contribution in [-0.2, 0) is 9.53 Å². The van der Waals surface area contributed by atoms with E-state index in [0.717, 1.165) is 38.5 Å². The molecule has 1 saturated heterocycles. The molecule has 0 aromatic carbocycles. The van der Waals surface area contributed by atoms with E-state index in [1.54, 1.807) is 0 Å². The van der Waals surface area contributed by atoms with Crippen LogP contribution in [0, 0.1) is 0 Å². The minimum Gasteiger partial charge on any atom is -0.394 e. The highest BCUT2D eigenvalue weighted by atomic mass is 16.5. The number of rotatable bonds is 44. The molecule has 0 radical (unpaired) electrons. The Labute approximate surface area is 370 Å². The van der Waals surface area contributed by atoms with Gasteiger partial charge >= 0.3 is 0 Å². The number of amides is 1. The Bertz CT molecular complexity index is 924. The number of aliphatic hydroxyl groups is 6. The second kappa shape index (κ2) is 40.9. The highest BCUT2D eigenvalue weighted by Crippen LogP contribution is 2.26. The minimum atomic E-state index is -1.48. The topological polar surface area (TPSA) is 160 Å². The van der Waals surface area contributed by atoms with E-state index in [1.807, 2.05) is 0 Å². The van der Waals surface area contributed by atoms with Crippen molar-refractivity contribution >= 4 is 5.91 Å². The number of carbonyl (C=O) groups excluding carboxylic acids is 1. The highest BCUT2D eigenvalue weighted by molar-refractivity contribution is 5.76. The van der Waals surface area contributed by atoms with E-state index in [9.17, 15) is 35.4 Å². The Kier molecular flexibility index (Phi) is 39.0. The summed E-state index contributed by atoms with van der Waals surface area (Å²) in [5.41, 5.74) is 0. The first-order chi connectivity index (χ1) is 29.3. The second-order valence-electron chi connectivity index (χ2n) is 18.9. The molecule has 1 heterocycles. The fourth-order valence-corrected chi connectivity index (χ4v) is 9.07. The summed E-state index contributed by atoms with van der Waals surface area (Å²) in [7, 11) is 0. The SMILES string of the molecule is CCCCCCCCCCCCCCCCCCCCCCCCCC(=O)N[C@@H](CC[C@H]1O[C@H](CO)[C@@H](O)[C@H](O)[C@H]1O)[C@H](O)[C@H](O)CCCCCCCCCCCCCC. The van der Waals surface area contributed by atoms with Crippen LogP contribution in [0.2, 0.25) is 0 Å². The van der Waals surface area contributed by atoms with Gasteiger partial charge in [0.15, 0.2) is 0 Å². The normalized spacial score (nSPS) is 21.0. The summed E-state index contributed by atoms with van der Waals surface area (Å²) >= 11 is 0. The maximum atomic E-state index is 13.1. The number of ether oxygens (including phenoxy) is 1. The van der Waals surface area contributed by atoms with Crippen LogP contribution in [0.15, 0.2) is 0 Å². The molecule has 60 heavy (non-hydrogen) atoms. The van der Waals surface area contributed by atoms with Crippen molar-refractivity contribution in [2.45, 2.75) is 313 Å². The van der Waals surface area contributed by atoms with E-state index < -0.39 is 55.4 Å². The van der Waals surface area contributed by atoms with Gasteiger partial charge in [0, 0.05) is 6.42 Å². The largest absolute Gasteiger partial charge is 0.394 e. The third kappa shape index (κ3) is 30.3. The van der Waals surface area contributed by atoms with Crippen LogP contribution in [0.1, 0.15) is 264 Å². The van der Waals surface area contributed by atoms with Crippen molar-refractivity contribution in [1.82, 2.24) is 5.32 Å². The quantitative estimate of drug-likeness (QED) is 0.0298. The zero-order chi connectivity index (χ0) is 43.9. The molecule has 9 heteroatoms. The van der Waals surface area contributed by atoms with Crippen LogP contribution in [0.5, 0.6) is 0 Å². The molecular formula is C51H101NO8. The fourth-order valence-electron chi connectivity index (χ4n) is 9.07. The molecule has 1 fully saturated rings. The number of nitrogens with one attached hydrogen (secondary N) is 1. The van der Waals surface area contributed by atoms with Crippen LogP contribution in [-0.4, -0.2) is 91.9 Å². The Morgan fingerprint density at radius 1 is 0.467 bits per heavy atom. The molecule has 1 aliphatic rings. The molecular weight excluding hydrogens is 755 g/mol. The molecule has 0 aromatic heterocycles. The third-order valence-corrected chi connectivity index (χ3v) is 13.3. The maximum Gasteiger partial charge on any atom is 0.220 e. The lowest BCUT2D eigenvalue weighted by Gasteiger charge is -2.40. The van der Waals surface area contributed by atoms with Gasteiger partial charge in [-0.1, -0.05) is 232 Å². The highest BCUT2D eigenvalue weighted by Gasteiger charge is 2.43. The minimum absolute atomic E-state index is 0.161. The Hall–Kier alpha value is -0.810. The number of hydrogen-bond donors (Lipinski definition) is 7. The first kappa shape index (κ1) is 57.2. The number of aliphatic hydroxyl groups excluding tert-OH is 6. The Balaban J connectivity index is 2.26. The van der Waals surface area contributed by atoms with Crippen LogP contribution >= 0.6 is 0 Å². The average Bonchev–Trinajstić information content (AvgIpc) is 3.25. The summed E-state index contributed by atoms with van der Waals surface area (Å²) < 4.78 is 5.69. The van der Waals surface area contributed by atoms with Gasteiger partial charge < -0.3 is 40.7 Å². The van der Waals surface area contributed by atoms with Gasteiger partial charge in [0.1, 0.15) is 24.4 Å². The molecule has 0 saturated carbocycles. The third-order valence-electron chi connectivity index (χ3n) is 13.3. The van der Waals surface area contributed by atoms with Gasteiger partial charge in [0.2, 0.25) is 5.91 Å². The molecule has 8 atom stereocenters. The molecule has 7 N–H and O–H groups in total. The molecule has 0 aromatic rings. The molecule has 9 nitrogen and oxygen atoms in total. The molecule has 358 valence electrons. The molecule has 1 aliphatic heterocycles. The number of carbonyl (C=O) groups is 1. The smallest absolute Gasteiger partial charge is 0.220 e. The van der Waals surface area contributed by atoms with Gasteiger partial charge in [-0.2, -0.15) is 0 Å². The zero-order valence-electron chi connectivity index (χ0n) is 39.4. The summed E-state index contributed by atoms with van der Waals surface area (Å²) in [6, 6.07) is -0.762. The molecule has 1 rings (SSSR count). The number of hydrogen-bond acceptors (Lipinski definition) is 8. The van der Waals surface area contributed by atoms with Gasteiger partial charge in [-0.15, -0.1) is 0 Å². The molecule has 1 amide bonds. The van der Waals surface area contributed by atoms with Gasteiger partial charge in [0.25, 0.3) is 0 Å². The van der Waals surface area contributed by atoms with Crippen LogP contribution in [0.25, 0.3) is 0 Å². The predicted molar refractivity (Wildman–Crippen MR) is 249 cm³/mol. The predicted octanol–water partition coefficient (Wildman–Crippen LogP) is 11.3. The van der Waals surface area contributed by atoms with Crippen molar-refractivity contribution in [3.05, 3.63) is 0 Å². The van der Waals surface area contributed by atoms with E-state index in [2.05, 4.69) is 19.2 Å². The molecule has 0 unspecified atom stereocenters. The summed E-state index contributed by atoms with van der Waals surface area (Å²) in [6.45, 7) is 4.02. The van der Waals surface area contributed by atoms with Crippen molar-refractivity contribution < 1.29 is 40.2 Å². The molecule has 0 aliphatic carbocycles. The standard InChI is InChI=1S/C51H101NO8/c1-3-5-7-9-11-13-15-17-18-19-20-21-22-23-24-25-26-27-29-31-33-35-37-39-47(55)52-43(40-41-45-49(57)51(59)50(58)46(42-53)60-45)48(56)44(54)38-36-34-32-30-28-16-14-12-10-8-6-4-2/h43-46,48-51,53-54,56-59H,3-42H2,1-2H3,(H,52,55)/t43-,44+,45+,46+,48-,49-,50+,51+/m0/s1. The zero-order valence-corrected chi connectivity index (χ0v) is 39.4. The van der Waals surface area contributed by atoms with Crippen molar-refractivity contribution in [3.63, 3.8) is 0 Å². The monoisotopic (exact) mass is 856 g/mol. The first-order valence-electron chi connectivity index (χ1n) is 26.2. The van der Waals surface area contributed by atoms with Crippen molar-refractivity contribution in [2.24, 2.45) is 0 Å². The van der Waals surface area contributed by atoms with Gasteiger partial charge in [0.05, 0.1) is 31.0 Å². The van der Waals surface area contributed by atoms with E-state index in [4.69, 9.17) is 4.74 Å². The van der Waals surface area contributed by atoms with Crippen molar-refractivity contribution in [3.8, 4) is 0 Å². The van der Waals surface area contributed by atoms with Crippen LogP contribution in [0.4, 0.5) is 0 Å². The van der Waals surface area contributed by atoms with Crippen LogP contribution < -0.4 is 5.32 Å². The lowest BCUT2D eigenvalue weighted by Crippen LogP contribution is -2.59. The van der Waals surface area contributed by atoms with Crippen LogP contribution in [0.3, 0.4) is 0 Å². The fraction of sp³-hybridized carbons (Fsp3) is 0.980. The lowest BCUT2D eigenvalue weighted by molar-refractivity contribution is -0.231. The summed E-state index contributed by atoms with van der Waals surface area (Å²) in [5, 5.41) is 65.8. The first-order valence-corrected chi connectivity index (χ1v) is 26.2. The van der Waals surface area contributed by atoms with Gasteiger partial charge in [-0.05, 0) is 25.7 Å². The molecule has 0 bridgehead atoms. The van der Waals surface area contributed by atoms with Crippen molar-refractivity contribution in [1.29, 1.82) is 0 Å². The van der Waals surface area contributed by atoms with E-state index >= 15 is 0 Å². The summed E-state index contributed by atoms with van der Waals surface area (Å²) in [6.07, 6.45) is 37.6. The summed E-state index contributed by atoms with van der Waals surface area (Å²) in [4.78, 5) is 13.1. The Morgan fingerprint density at radius 3 is 1.17 bits per heavy atom. The van der Waals surface area contributed by atoms with E-state index in [-0.39, 0.29) is 18.7 Å². The van der Waals surface area contributed by atoms with Gasteiger partial charge in [-0.25, -0.2) is 0 Å². The van der Waals surface area contributed by atoms with Crippen molar-refractivity contribution in [2.75, 3.05) is 6.61 Å². The number of unbranched alkanes of at least 4 members (excludes halogenated alkanes) is 33. The lowest BCUT2D eigenvalue weighted by atomic mass is 9.90. The molecule has 0 spiro atoms. The maximum absolute atomic E-state index is 13.1. The second-order valence-corrected chi connectivity index (χ2v) is 18.9. The van der Waals surface area contributed by atoms with E-state index in [1.165, 1.54) is 186 Å². The average molecular weight is 856 g/mol. The Morgan fingerprint density at radius 2 is 0.800 bits per heavy atom. The van der Waals surface area contributed by atoms with E-state index in [0.29, 0.717) is 12.8 Å². The van der Waals surface area contributed by atoms with Gasteiger partial charge in [-0.3, -0.25) is 4.79 Å².